The number of hydrogen-bond donors (Lipinski definition) is 0. The summed E-state index contributed by atoms with van der Waals surface area (Å²) in [6.07, 6.45) is -5.07. The molecule has 7 heteroatoms. The third-order valence-electron chi connectivity index (χ3n) is 1.79. The van der Waals surface area contributed by atoms with Crippen molar-refractivity contribution in [3.63, 3.8) is 0 Å². The van der Waals surface area contributed by atoms with Crippen LogP contribution in [-0.4, -0.2) is 4.92 Å². The van der Waals surface area contributed by atoms with E-state index >= 15 is 0 Å². The molecule has 0 aliphatic carbocycles. The number of halogens is 4. The highest BCUT2D eigenvalue weighted by Crippen LogP contribution is 2.38. The van der Waals surface area contributed by atoms with Gasteiger partial charge in [0.05, 0.1) is 4.92 Å². The van der Waals surface area contributed by atoms with Crippen molar-refractivity contribution < 1.29 is 22.5 Å². The Bertz CT molecular complexity index is 414. The Kier molecular flexibility index (Phi) is 2.65. The van der Waals surface area contributed by atoms with Gasteiger partial charge in [-0.2, -0.15) is 13.2 Å². The highest BCUT2D eigenvalue weighted by atomic mass is 19.4. The molecule has 0 bridgehead atoms. The largest absolute Gasteiger partial charge is 0.425 e. The first-order valence-corrected chi connectivity index (χ1v) is 3.76. The summed E-state index contributed by atoms with van der Waals surface area (Å²) in [7, 11) is 0. The average molecular weight is 223 g/mol. The van der Waals surface area contributed by atoms with Crippen molar-refractivity contribution in [2.24, 2.45) is 0 Å². The van der Waals surface area contributed by atoms with Gasteiger partial charge in [-0.1, -0.05) is 0 Å². The van der Waals surface area contributed by atoms with E-state index in [1.807, 2.05) is 0 Å². The third-order valence-corrected chi connectivity index (χ3v) is 1.79. The number of nitro groups is 1. The van der Waals surface area contributed by atoms with Crippen molar-refractivity contribution in [3.8, 4) is 0 Å². The fraction of sp³-hybridized carbons (Fsp3) is 0.250. The van der Waals surface area contributed by atoms with Crippen molar-refractivity contribution in [1.82, 2.24) is 0 Å². The molecule has 1 rings (SSSR count). The minimum Gasteiger partial charge on any atom is -0.258 e. The van der Waals surface area contributed by atoms with Crippen molar-refractivity contribution in [3.05, 3.63) is 39.2 Å². The molecule has 0 N–H and O–H groups in total. The molecule has 0 fully saturated rings. The normalized spacial score (nSPS) is 11.5. The van der Waals surface area contributed by atoms with E-state index in [1.54, 1.807) is 0 Å². The molecular formula is C8H5F4NO2. The van der Waals surface area contributed by atoms with Crippen molar-refractivity contribution in [2.75, 3.05) is 0 Å². The summed E-state index contributed by atoms with van der Waals surface area (Å²) in [6, 6.07) is 1.57. The number of hydrogen-bond acceptors (Lipinski definition) is 2. The van der Waals surface area contributed by atoms with Gasteiger partial charge in [-0.25, -0.2) is 4.39 Å². The van der Waals surface area contributed by atoms with Gasteiger partial charge in [-0.05, 0) is 18.6 Å². The molecule has 0 spiro atoms. The van der Waals surface area contributed by atoms with Crippen LogP contribution in [-0.2, 0) is 6.18 Å². The highest BCUT2D eigenvalue weighted by molar-refractivity contribution is 5.45. The predicted octanol–water partition coefficient (Wildman–Crippen LogP) is 3.06. The Hall–Kier alpha value is -1.66. The van der Waals surface area contributed by atoms with Crippen LogP contribution < -0.4 is 0 Å². The number of aryl methyl sites for hydroxylation is 1. The maximum Gasteiger partial charge on any atom is 0.425 e. The molecule has 1 aromatic rings. The average Bonchev–Trinajstić information content (AvgIpc) is 2.06. The van der Waals surface area contributed by atoms with E-state index in [4.69, 9.17) is 0 Å². The monoisotopic (exact) mass is 223 g/mol. The Labute approximate surface area is 81.5 Å². The molecule has 0 unspecified atom stereocenters. The zero-order chi connectivity index (χ0) is 11.8. The van der Waals surface area contributed by atoms with Crippen LogP contribution in [0.2, 0.25) is 0 Å². The van der Waals surface area contributed by atoms with Gasteiger partial charge < -0.3 is 0 Å². The molecule has 0 atom stereocenters. The van der Waals surface area contributed by atoms with Gasteiger partial charge in [0.1, 0.15) is 5.82 Å². The summed E-state index contributed by atoms with van der Waals surface area (Å²) >= 11 is 0. The molecule has 0 amide bonds. The molecule has 82 valence electrons. The fourth-order valence-electron chi connectivity index (χ4n) is 1.09. The van der Waals surface area contributed by atoms with Gasteiger partial charge in [-0.3, -0.25) is 10.1 Å². The first kappa shape index (κ1) is 11.4. The lowest BCUT2D eigenvalue weighted by Crippen LogP contribution is -2.12. The van der Waals surface area contributed by atoms with E-state index in [2.05, 4.69) is 0 Å². The van der Waals surface area contributed by atoms with Crippen molar-refractivity contribution >= 4 is 5.69 Å². The standard InChI is InChI=1S/C8H5F4NO2/c1-4-2-3-5(13(14)15)6(7(4)9)8(10,11)12/h2-3H,1H3. The van der Waals surface area contributed by atoms with E-state index < -0.39 is 28.2 Å². The second-order valence-electron chi connectivity index (χ2n) is 2.85. The molecule has 0 saturated heterocycles. The predicted molar refractivity (Wildman–Crippen MR) is 42.8 cm³/mol. The smallest absolute Gasteiger partial charge is 0.258 e. The molecular weight excluding hydrogens is 218 g/mol. The molecule has 0 aliphatic rings. The molecule has 0 aliphatic heterocycles. The molecule has 3 nitrogen and oxygen atoms in total. The maximum atomic E-state index is 13.1. The lowest BCUT2D eigenvalue weighted by atomic mass is 10.1. The third kappa shape index (κ3) is 2.05. The first-order chi connectivity index (χ1) is 6.75. The van der Waals surface area contributed by atoms with E-state index in [0.717, 1.165) is 13.0 Å². The lowest BCUT2D eigenvalue weighted by molar-refractivity contribution is -0.388. The Morgan fingerprint density at radius 2 is 1.87 bits per heavy atom. The maximum absolute atomic E-state index is 13.1. The quantitative estimate of drug-likeness (QED) is 0.417. The van der Waals surface area contributed by atoms with Crippen LogP contribution in [0.3, 0.4) is 0 Å². The summed E-state index contributed by atoms with van der Waals surface area (Å²) in [5, 5.41) is 10.3. The second kappa shape index (κ2) is 3.48. The Morgan fingerprint density at radius 3 is 2.27 bits per heavy atom. The highest BCUT2D eigenvalue weighted by Gasteiger charge is 2.42. The molecule has 15 heavy (non-hydrogen) atoms. The Balaban J connectivity index is 3.57. The van der Waals surface area contributed by atoms with E-state index in [1.165, 1.54) is 0 Å². The Morgan fingerprint density at radius 1 is 1.33 bits per heavy atom. The lowest BCUT2D eigenvalue weighted by Gasteiger charge is -2.09. The van der Waals surface area contributed by atoms with Crippen LogP contribution in [0, 0.1) is 22.9 Å². The molecule has 0 heterocycles. The molecule has 0 saturated carbocycles. The van der Waals surface area contributed by atoms with Gasteiger partial charge in [-0.15, -0.1) is 0 Å². The number of nitro benzene ring substituents is 1. The van der Waals surface area contributed by atoms with E-state index in [-0.39, 0.29) is 5.56 Å². The van der Waals surface area contributed by atoms with Gasteiger partial charge in [0.15, 0.2) is 5.56 Å². The van der Waals surface area contributed by atoms with Crippen molar-refractivity contribution in [2.45, 2.75) is 13.1 Å². The molecule has 0 radical (unpaired) electrons. The zero-order valence-electron chi connectivity index (χ0n) is 7.43. The van der Waals surface area contributed by atoms with Crippen LogP contribution >= 0.6 is 0 Å². The summed E-state index contributed by atoms with van der Waals surface area (Å²) < 4.78 is 50.0. The number of rotatable bonds is 1. The van der Waals surface area contributed by atoms with Crippen molar-refractivity contribution in [1.29, 1.82) is 0 Å². The summed E-state index contributed by atoms with van der Waals surface area (Å²) in [6.45, 7) is 1.11. The first-order valence-electron chi connectivity index (χ1n) is 3.76. The summed E-state index contributed by atoms with van der Waals surface area (Å²) in [5.74, 6) is -1.60. The van der Waals surface area contributed by atoms with Crippen LogP contribution in [0.25, 0.3) is 0 Å². The second-order valence-corrected chi connectivity index (χ2v) is 2.85. The fourth-order valence-corrected chi connectivity index (χ4v) is 1.09. The summed E-state index contributed by atoms with van der Waals surface area (Å²) in [4.78, 5) is 9.01. The van der Waals surface area contributed by atoms with Crippen LogP contribution in [0.1, 0.15) is 11.1 Å². The van der Waals surface area contributed by atoms with Crippen LogP contribution in [0.4, 0.5) is 23.2 Å². The van der Waals surface area contributed by atoms with Gasteiger partial charge in [0, 0.05) is 6.07 Å². The number of benzene rings is 1. The van der Waals surface area contributed by atoms with Crippen LogP contribution in [0.5, 0.6) is 0 Å². The van der Waals surface area contributed by atoms with E-state index in [9.17, 15) is 27.7 Å². The van der Waals surface area contributed by atoms with Crippen LogP contribution in [0.15, 0.2) is 12.1 Å². The minimum absolute atomic E-state index is 0.284. The van der Waals surface area contributed by atoms with Gasteiger partial charge in [0.25, 0.3) is 5.69 Å². The number of nitrogens with zero attached hydrogens (tertiary/aromatic N) is 1. The number of alkyl halides is 3. The molecule has 1 aromatic carbocycles. The van der Waals surface area contributed by atoms with Gasteiger partial charge in [0.2, 0.25) is 0 Å². The minimum atomic E-state index is -5.07. The van der Waals surface area contributed by atoms with Gasteiger partial charge >= 0.3 is 6.18 Å². The summed E-state index contributed by atoms with van der Waals surface area (Å²) in [5.41, 5.74) is -3.38. The molecule has 0 aromatic heterocycles. The van der Waals surface area contributed by atoms with E-state index in [0.29, 0.717) is 6.07 Å². The zero-order valence-corrected chi connectivity index (χ0v) is 7.43. The topological polar surface area (TPSA) is 43.1 Å². The SMILES string of the molecule is Cc1ccc([N+](=O)[O-])c(C(F)(F)F)c1F.